The molecule has 0 aromatic heterocycles. The van der Waals surface area contributed by atoms with E-state index >= 15 is 0 Å². The van der Waals surface area contributed by atoms with Crippen molar-refractivity contribution in [3.05, 3.63) is 29.8 Å². The highest BCUT2D eigenvalue weighted by Crippen LogP contribution is 2.36. The lowest BCUT2D eigenvalue weighted by Gasteiger charge is -2.29. The summed E-state index contributed by atoms with van der Waals surface area (Å²) in [5.41, 5.74) is -2.50. The standard InChI is InChI=1S/C19H27F3N2O4/c1-12(27-14-10-8-7-9-13(14)19(20,21)22)15(25)24-18(5,6)11-23-16(26)28-17(2,3)4/h7-10,12H,11H2,1-6H3,(H,23,26)(H,24,25). The molecular formula is C19H27F3N2O4. The summed E-state index contributed by atoms with van der Waals surface area (Å²) in [5.74, 6) is -1.05. The molecule has 0 saturated heterocycles. The van der Waals surface area contributed by atoms with Crippen LogP contribution in [0.25, 0.3) is 0 Å². The Balaban J connectivity index is 2.68. The van der Waals surface area contributed by atoms with Gasteiger partial charge in [-0.1, -0.05) is 12.1 Å². The van der Waals surface area contributed by atoms with E-state index in [2.05, 4.69) is 10.6 Å². The first-order valence-electron chi connectivity index (χ1n) is 8.72. The van der Waals surface area contributed by atoms with Crippen molar-refractivity contribution in [2.75, 3.05) is 6.54 Å². The Morgan fingerprint density at radius 1 is 1.07 bits per heavy atom. The van der Waals surface area contributed by atoms with Gasteiger partial charge in [0.1, 0.15) is 11.4 Å². The number of benzene rings is 1. The molecule has 28 heavy (non-hydrogen) atoms. The summed E-state index contributed by atoms with van der Waals surface area (Å²) in [6.07, 6.45) is -6.41. The first kappa shape index (κ1) is 23.6. The van der Waals surface area contributed by atoms with Gasteiger partial charge >= 0.3 is 12.3 Å². The SMILES string of the molecule is CC(Oc1ccccc1C(F)(F)F)C(=O)NC(C)(C)CNC(=O)OC(C)(C)C. The summed E-state index contributed by atoms with van der Waals surface area (Å²) < 4.78 is 49.4. The number of carbonyl (C=O) groups is 2. The number of halogens is 3. The first-order valence-corrected chi connectivity index (χ1v) is 8.72. The van der Waals surface area contributed by atoms with Gasteiger partial charge in [-0.15, -0.1) is 0 Å². The zero-order valence-corrected chi connectivity index (χ0v) is 16.9. The summed E-state index contributed by atoms with van der Waals surface area (Å²) in [6.45, 7) is 9.86. The molecule has 1 rings (SSSR count). The minimum atomic E-state index is -4.59. The molecule has 0 aliphatic rings. The number of para-hydroxylation sites is 1. The van der Waals surface area contributed by atoms with E-state index in [9.17, 15) is 22.8 Å². The summed E-state index contributed by atoms with van der Waals surface area (Å²) in [5, 5.41) is 5.17. The van der Waals surface area contributed by atoms with E-state index < -0.39 is 46.7 Å². The average molecular weight is 404 g/mol. The predicted molar refractivity (Wildman–Crippen MR) is 98.0 cm³/mol. The van der Waals surface area contributed by atoms with E-state index in [1.807, 2.05) is 0 Å². The number of alkyl halides is 3. The third-order valence-electron chi connectivity index (χ3n) is 3.40. The van der Waals surface area contributed by atoms with E-state index in [1.54, 1.807) is 34.6 Å². The second-order valence-corrected chi connectivity index (χ2v) is 7.98. The van der Waals surface area contributed by atoms with Crippen LogP contribution in [0, 0.1) is 0 Å². The summed E-state index contributed by atoms with van der Waals surface area (Å²) >= 11 is 0. The van der Waals surface area contributed by atoms with Crippen LogP contribution in [0.4, 0.5) is 18.0 Å². The Labute approximate surface area is 162 Å². The van der Waals surface area contributed by atoms with Crippen LogP contribution in [-0.2, 0) is 15.7 Å². The first-order chi connectivity index (χ1) is 12.6. The molecule has 9 heteroatoms. The molecule has 1 aromatic rings. The van der Waals surface area contributed by atoms with Crippen LogP contribution in [0.3, 0.4) is 0 Å². The summed E-state index contributed by atoms with van der Waals surface area (Å²) in [6, 6.07) is 4.67. The smallest absolute Gasteiger partial charge is 0.419 e. The monoisotopic (exact) mass is 404 g/mol. The second kappa shape index (κ2) is 8.70. The van der Waals surface area contributed by atoms with Gasteiger partial charge < -0.3 is 20.1 Å². The molecule has 2 N–H and O–H groups in total. The third kappa shape index (κ3) is 8.06. The van der Waals surface area contributed by atoms with E-state index in [0.717, 1.165) is 12.1 Å². The van der Waals surface area contributed by atoms with Gasteiger partial charge in [-0.25, -0.2) is 4.79 Å². The van der Waals surface area contributed by atoms with Crippen LogP contribution < -0.4 is 15.4 Å². The molecule has 0 radical (unpaired) electrons. The molecule has 0 spiro atoms. The van der Waals surface area contributed by atoms with Crippen molar-refractivity contribution in [3.8, 4) is 5.75 Å². The van der Waals surface area contributed by atoms with Crippen LogP contribution in [-0.4, -0.2) is 35.8 Å². The van der Waals surface area contributed by atoms with Crippen LogP contribution in [0.2, 0.25) is 0 Å². The molecule has 0 saturated carbocycles. The molecule has 0 fully saturated rings. The van der Waals surface area contributed by atoms with Crippen molar-refractivity contribution < 1.29 is 32.2 Å². The number of ether oxygens (including phenoxy) is 2. The number of carbonyl (C=O) groups excluding carboxylic acids is 2. The fourth-order valence-electron chi connectivity index (χ4n) is 2.13. The van der Waals surface area contributed by atoms with Crippen LogP contribution in [0.15, 0.2) is 24.3 Å². The molecule has 0 bridgehead atoms. The van der Waals surface area contributed by atoms with Gasteiger partial charge in [-0.05, 0) is 53.7 Å². The number of hydrogen-bond acceptors (Lipinski definition) is 4. The zero-order chi connectivity index (χ0) is 21.8. The highest BCUT2D eigenvalue weighted by molar-refractivity contribution is 5.81. The summed E-state index contributed by atoms with van der Waals surface area (Å²) in [7, 11) is 0. The van der Waals surface area contributed by atoms with Crippen LogP contribution in [0.5, 0.6) is 5.75 Å². The molecule has 1 aromatic carbocycles. The van der Waals surface area contributed by atoms with Gasteiger partial charge in [0.25, 0.3) is 5.91 Å². The minimum Gasteiger partial charge on any atom is -0.480 e. The minimum absolute atomic E-state index is 0.0551. The molecule has 1 unspecified atom stereocenters. The Hall–Kier alpha value is -2.45. The van der Waals surface area contributed by atoms with Crippen molar-refractivity contribution in [2.45, 2.75) is 65.0 Å². The fraction of sp³-hybridized carbons (Fsp3) is 0.579. The Bertz CT molecular complexity index is 697. The zero-order valence-electron chi connectivity index (χ0n) is 16.9. The maximum absolute atomic E-state index is 13.0. The third-order valence-corrected chi connectivity index (χ3v) is 3.40. The van der Waals surface area contributed by atoms with E-state index in [1.165, 1.54) is 19.1 Å². The van der Waals surface area contributed by atoms with Crippen molar-refractivity contribution in [3.63, 3.8) is 0 Å². The van der Waals surface area contributed by atoms with Crippen molar-refractivity contribution in [1.29, 1.82) is 0 Å². The number of hydrogen-bond donors (Lipinski definition) is 2. The quantitative estimate of drug-likeness (QED) is 0.754. The highest BCUT2D eigenvalue weighted by Gasteiger charge is 2.35. The number of rotatable bonds is 6. The largest absolute Gasteiger partial charge is 0.480 e. The van der Waals surface area contributed by atoms with Gasteiger partial charge in [0.15, 0.2) is 6.10 Å². The lowest BCUT2D eigenvalue weighted by Crippen LogP contribution is -2.54. The van der Waals surface area contributed by atoms with Crippen molar-refractivity contribution in [2.24, 2.45) is 0 Å². The predicted octanol–water partition coefficient (Wildman–Crippen LogP) is 3.89. The van der Waals surface area contributed by atoms with E-state index in [0.29, 0.717) is 0 Å². The van der Waals surface area contributed by atoms with Gasteiger partial charge in [0.2, 0.25) is 0 Å². The molecule has 158 valence electrons. The van der Waals surface area contributed by atoms with Crippen LogP contribution in [0.1, 0.15) is 47.1 Å². The molecule has 0 aliphatic heterocycles. The molecule has 6 nitrogen and oxygen atoms in total. The molecule has 0 aliphatic carbocycles. The van der Waals surface area contributed by atoms with Gasteiger partial charge in [-0.3, -0.25) is 4.79 Å². The molecule has 1 atom stereocenters. The molecular weight excluding hydrogens is 377 g/mol. The van der Waals surface area contributed by atoms with E-state index in [4.69, 9.17) is 9.47 Å². The maximum Gasteiger partial charge on any atom is 0.419 e. The number of nitrogens with one attached hydrogen (secondary N) is 2. The lowest BCUT2D eigenvalue weighted by atomic mass is 10.1. The number of amides is 2. The normalized spacial score (nSPS) is 13.5. The Morgan fingerprint density at radius 3 is 2.18 bits per heavy atom. The molecule has 0 heterocycles. The summed E-state index contributed by atoms with van der Waals surface area (Å²) in [4.78, 5) is 24.1. The lowest BCUT2D eigenvalue weighted by molar-refractivity contribution is -0.141. The van der Waals surface area contributed by atoms with Gasteiger partial charge in [-0.2, -0.15) is 13.2 Å². The van der Waals surface area contributed by atoms with Gasteiger partial charge in [0.05, 0.1) is 11.1 Å². The second-order valence-electron chi connectivity index (χ2n) is 7.98. The maximum atomic E-state index is 13.0. The fourth-order valence-corrected chi connectivity index (χ4v) is 2.13. The Kier molecular flexibility index (Phi) is 7.33. The van der Waals surface area contributed by atoms with Crippen LogP contribution >= 0.6 is 0 Å². The molecule has 2 amide bonds. The highest BCUT2D eigenvalue weighted by atomic mass is 19.4. The van der Waals surface area contributed by atoms with Crippen molar-refractivity contribution in [1.82, 2.24) is 10.6 Å². The van der Waals surface area contributed by atoms with E-state index in [-0.39, 0.29) is 6.54 Å². The van der Waals surface area contributed by atoms with Gasteiger partial charge in [0, 0.05) is 6.54 Å². The average Bonchev–Trinajstić information content (AvgIpc) is 2.50. The topological polar surface area (TPSA) is 76.7 Å². The number of alkyl carbamates (subject to hydrolysis) is 1. The Morgan fingerprint density at radius 2 is 1.64 bits per heavy atom. The van der Waals surface area contributed by atoms with Crippen molar-refractivity contribution >= 4 is 12.0 Å².